The summed E-state index contributed by atoms with van der Waals surface area (Å²) >= 11 is 17.8. The Labute approximate surface area is 135 Å². The molecular formula is C14H9Cl3N2O2. The molecule has 0 spiro atoms. The zero-order valence-electron chi connectivity index (χ0n) is 10.5. The van der Waals surface area contributed by atoms with E-state index in [2.05, 4.69) is 10.5 Å². The standard InChI is InChI=1S/C14H9Cl3N2O2/c15-9-5-11(16)13(12(17)6-9)19-18-7-8-3-1-2-4-10(8)14(20)21/h1-7,19H,(H,20,21)/b18-7+. The van der Waals surface area contributed by atoms with Gasteiger partial charge in [-0.1, -0.05) is 53.0 Å². The van der Waals surface area contributed by atoms with Gasteiger partial charge in [-0.3, -0.25) is 5.43 Å². The highest BCUT2D eigenvalue weighted by molar-refractivity contribution is 6.41. The molecule has 0 unspecified atom stereocenters. The van der Waals surface area contributed by atoms with Crippen molar-refractivity contribution in [2.24, 2.45) is 5.10 Å². The SMILES string of the molecule is O=C(O)c1ccccc1/C=N/Nc1c(Cl)cc(Cl)cc1Cl. The summed E-state index contributed by atoms with van der Waals surface area (Å²) in [5, 5.41) is 14.1. The maximum atomic E-state index is 11.1. The Morgan fingerprint density at radius 3 is 2.38 bits per heavy atom. The highest BCUT2D eigenvalue weighted by Crippen LogP contribution is 2.33. The largest absolute Gasteiger partial charge is 0.478 e. The van der Waals surface area contributed by atoms with E-state index in [9.17, 15) is 4.79 Å². The summed E-state index contributed by atoms with van der Waals surface area (Å²) in [6.45, 7) is 0. The third kappa shape index (κ3) is 3.88. The molecule has 0 radical (unpaired) electrons. The number of hydrazone groups is 1. The molecule has 0 aliphatic heterocycles. The first-order valence-corrected chi connectivity index (χ1v) is 6.88. The molecule has 21 heavy (non-hydrogen) atoms. The zero-order chi connectivity index (χ0) is 15.4. The van der Waals surface area contributed by atoms with Crippen LogP contribution < -0.4 is 5.43 Å². The van der Waals surface area contributed by atoms with Crippen molar-refractivity contribution >= 4 is 52.7 Å². The van der Waals surface area contributed by atoms with Crippen LogP contribution in [-0.4, -0.2) is 17.3 Å². The lowest BCUT2D eigenvalue weighted by Gasteiger charge is -2.06. The van der Waals surface area contributed by atoms with E-state index < -0.39 is 5.97 Å². The van der Waals surface area contributed by atoms with E-state index in [1.165, 1.54) is 24.4 Å². The Morgan fingerprint density at radius 2 is 1.76 bits per heavy atom. The van der Waals surface area contributed by atoms with Crippen LogP contribution in [-0.2, 0) is 0 Å². The smallest absolute Gasteiger partial charge is 0.336 e. The molecule has 2 aromatic rings. The monoisotopic (exact) mass is 342 g/mol. The van der Waals surface area contributed by atoms with Crippen molar-refractivity contribution in [1.29, 1.82) is 0 Å². The van der Waals surface area contributed by atoms with Crippen LogP contribution in [0.25, 0.3) is 0 Å². The molecular weight excluding hydrogens is 335 g/mol. The van der Waals surface area contributed by atoms with Crippen LogP contribution in [0.5, 0.6) is 0 Å². The van der Waals surface area contributed by atoms with Gasteiger partial charge in [0.25, 0.3) is 0 Å². The number of carboxylic acids is 1. The molecule has 2 aromatic carbocycles. The lowest BCUT2D eigenvalue weighted by molar-refractivity contribution is 0.0697. The Morgan fingerprint density at radius 1 is 1.14 bits per heavy atom. The van der Waals surface area contributed by atoms with Crippen molar-refractivity contribution in [3.05, 3.63) is 62.6 Å². The summed E-state index contributed by atoms with van der Waals surface area (Å²) in [5.74, 6) is -1.03. The van der Waals surface area contributed by atoms with Crippen LogP contribution in [0.2, 0.25) is 15.1 Å². The van der Waals surface area contributed by atoms with Crippen LogP contribution in [0.3, 0.4) is 0 Å². The van der Waals surface area contributed by atoms with Gasteiger partial charge in [-0.05, 0) is 18.2 Å². The molecule has 0 aliphatic rings. The molecule has 0 bridgehead atoms. The number of benzene rings is 2. The van der Waals surface area contributed by atoms with Gasteiger partial charge in [-0.25, -0.2) is 4.79 Å². The van der Waals surface area contributed by atoms with Crippen molar-refractivity contribution in [3.63, 3.8) is 0 Å². The van der Waals surface area contributed by atoms with Gasteiger partial charge < -0.3 is 5.11 Å². The first-order chi connectivity index (χ1) is 9.99. The minimum absolute atomic E-state index is 0.149. The Hall–Kier alpha value is -1.75. The highest BCUT2D eigenvalue weighted by Gasteiger charge is 2.08. The molecule has 0 aliphatic carbocycles. The molecule has 4 nitrogen and oxygen atoms in total. The molecule has 0 aromatic heterocycles. The predicted octanol–water partition coefficient (Wildman–Crippen LogP) is 4.79. The molecule has 2 N–H and O–H groups in total. The Bertz CT molecular complexity index is 694. The van der Waals surface area contributed by atoms with Crippen LogP contribution in [0, 0.1) is 0 Å². The second-order valence-corrected chi connectivity index (χ2v) is 5.26. The molecule has 0 atom stereocenters. The molecule has 0 amide bonds. The number of carbonyl (C=O) groups is 1. The number of rotatable bonds is 4. The molecule has 2 rings (SSSR count). The molecule has 0 saturated carbocycles. The minimum atomic E-state index is -1.03. The number of hydrogen-bond acceptors (Lipinski definition) is 3. The minimum Gasteiger partial charge on any atom is -0.478 e. The van der Waals surface area contributed by atoms with Crippen molar-refractivity contribution in [1.82, 2.24) is 0 Å². The normalized spacial score (nSPS) is 10.8. The summed E-state index contributed by atoms with van der Waals surface area (Å²) < 4.78 is 0. The fraction of sp³-hybridized carbons (Fsp3) is 0. The lowest BCUT2D eigenvalue weighted by Crippen LogP contribution is -2.02. The summed E-state index contributed by atoms with van der Waals surface area (Å²) in [7, 11) is 0. The topological polar surface area (TPSA) is 61.7 Å². The van der Waals surface area contributed by atoms with Gasteiger partial charge in [0.05, 0.1) is 27.5 Å². The quantitative estimate of drug-likeness (QED) is 0.619. The van der Waals surface area contributed by atoms with E-state index in [1.807, 2.05) is 0 Å². The van der Waals surface area contributed by atoms with Crippen LogP contribution in [0.4, 0.5) is 5.69 Å². The molecule has 0 saturated heterocycles. The van der Waals surface area contributed by atoms with Gasteiger partial charge in [-0.15, -0.1) is 0 Å². The second-order valence-electron chi connectivity index (χ2n) is 4.01. The average molecular weight is 344 g/mol. The summed E-state index contributed by atoms with van der Waals surface area (Å²) in [5.41, 5.74) is 3.68. The summed E-state index contributed by atoms with van der Waals surface area (Å²) in [6, 6.07) is 9.54. The number of hydrogen-bond donors (Lipinski definition) is 2. The van der Waals surface area contributed by atoms with Crippen molar-refractivity contribution < 1.29 is 9.90 Å². The van der Waals surface area contributed by atoms with Crippen LogP contribution in [0.1, 0.15) is 15.9 Å². The predicted molar refractivity (Wildman–Crippen MR) is 86.1 cm³/mol. The van der Waals surface area contributed by atoms with Gasteiger partial charge in [0.1, 0.15) is 0 Å². The van der Waals surface area contributed by atoms with Crippen molar-refractivity contribution in [3.8, 4) is 0 Å². The maximum absolute atomic E-state index is 11.1. The second kappa shape index (κ2) is 6.80. The first kappa shape index (κ1) is 15.6. The molecule has 0 fully saturated rings. The first-order valence-electron chi connectivity index (χ1n) is 5.75. The molecule has 0 heterocycles. The van der Waals surface area contributed by atoms with Crippen LogP contribution in [0.15, 0.2) is 41.5 Å². The van der Waals surface area contributed by atoms with E-state index in [4.69, 9.17) is 39.9 Å². The lowest BCUT2D eigenvalue weighted by atomic mass is 10.1. The summed E-state index contributed by atoms with van der Waals surface area (Å²) in [6.07, 6.45) is 1.38. The summed E-state index contributed by atoms with van der Waals surface area (Å²) in [4.78, 5) is 11.1. The van der Waals surface area contributed by atoms with E-state index in [0.29, 0.717) is 26.3 Å². The number of carboxylic acid groups (broad SMARTS) is 1. The molecule has 108 valence electrons. The third-order valence-electron chi connectivity index (χ3n) is 2.58. The van der Waals surface area contributed by atoms with Gasteiger partial charge in [0.15, 0.2) is 0 Å². The van der Waals surface area contributed by atoms with E-state index in [-0.39, 0.29) is 5.56 Å². The average Bonchev–Trinajstić information content (AvgIpc) is 2.42. The fourth-order valence-electron chi connectivity index (χ4n) is 1.62. The number of aromatic carboxylic acids is 1. The van der Waals surface area contributed by atoms with Gasteiger partial charge in [0, 0.05) is 10.6 Å². The van der Waals surface area contributed by atoms with Gasteiger partial charge in [-0.2, -0.15) is 5.10 Å². The Kier molecular flexibility index (Phi) is 5.07. The number of anilines is 1. The van der Waals surface area contributed by atoms with E-state index >= 15 is 0 Å². The highest BCUT2D eigenvalue weighted by atomic mass is 35.5. The zero-order valence-corrected chi connectivity index (χ0v) is 12.7. The van der Waals surface area contributed by atoms with Gasteiger partial charge in [0.2, 0.25) is 0 Å². The van der Waals surface area contributed by atoms with Gasteiger partial charge >= 0.3 is 5.97 Å². The van der Waals surface area contributed by atoms with E-state index in [0.717, 1.165) is 0 Å². The maximum Gasteiger partial charge on any atom is 0.336 e. The van der Waals surface area contributed by atoms with E-state index in [1.54, 1.807) is 18.2 Å². The number of nitrogens with zero attached hydrogens (tertiary/aromatic N) is 1. The Balaban J connectivity index is 2.23. The molecule has 7 heteroatoms. The fourth-order valence-corrected chi connectivity index (χ4v) is 2.52. The third-order valence-corrected chi connectivity index (χ3v) is 3.39. The number of nitrogens with one attached hydrogen (secondary N) is 1. The van der Waals surface area contributed by atoms with Crippen molar-refractivity contribution in [2.75, 3.05) is 5.43 Å². The van der Waals surface area contributed by atoms with Crippen LogP contribution >= 0.6 is 34.8 Å². The van der Waals surface area contributed by atoms with Crippen molar-refractivity contribution in [2.45, 2.75) is 0 Å². The number of halogens is 3.